The van der Waals surface area contributed by atoms with Gasteiger partial charge in [0.1, 0.15) is 4.88 Å². The molecule has 0 aliphatic carbocycles. The van der Waals surface area contributed by atoms with Gasteiger partial charge in [0.15, 0.2) is 0 Å². The van der Waals surface area contributed by atoms with Crippen LogP contribution in [0.4, 0.5) is 0 Å². The van der Waals surface area contributed by atoms with Crippen LogP contribution in [-0.2, 0) is 11.2 Å². The van der Waals surface area contributed by atoms with Crippen molar-refractivity contribution in [3.05, 3.63) is 46.2 Å². The smallest absolute Gasteiger partial charge is 0.348 e. The standard InChI is InChI=1S/C14H14O2S/c1-3-12-11(10-7-5-4-6-8-10)9-13(17-12)14(15)16-2/h4-9H,3H2,1-2H3. The van der Waals surface area contributed by atoms with Gasteiger partial charge in [0.05, 0.1) is 7.11 Å². The van der Waals surface area contributed by atoms with Crippen LogP contribution < -0.4 is 0 Å². The van der Waals surface area contributed by atoms with Crippen molar-refractivity contribution in [1.29, 1.82) is 0 Å². The van der Waals surface area contributed by atoms with Crippen molar-refractivity contribution in [2.45, 2.75) is 13.3 Å². The summed E-state index contributed by atoms with van der Waals surface area (Å²) in [5, 5.41) is 0. The summed E-state index contributed by atoms with van der Waals surface area (Å²) < 4.78 is 4.76. The van der Waals surface area contributed by atoms with E-state index in [-0.39, 0.29) is 5.97 Å². The van der Waals surface area contributed by atoms with Gasteiger partial charge in [0.25, 0.3) is 0 Å². The molecular formula is C14H14O2S. The first-order valence-corrected chi connectivity index (χ1v) is 6.34. The predicted octanol–water partition coefficient (Wildman–Crippen LogP) is 3.76. The lowest BCUT2D eigenvalue weighted by Gasteiger charge is -2.00. The maximum absolute atomic E-state index is 11.5. The third-order valence-corrected chi connectivity index (χ3v) is 3.86. The van der Waals surface area contributed by atoms with Crippen molar-refractivity contribution in [2.75, 3.05) is 7.11 Å². The lowest BCUT2D eigenvalue weighted by Crippen LogP contribution is -1.96. The fraction of sp³-hybridized carbons (Fsp3) is 0.214. The maximum atomic E-state index is 11.5. The molecule has 0 aliphatic heterocycles. The summed E-state index contributed by atoms with van der Waals surface area (Å²) in [6, 6.07) is 12.0. The normalized spacial score (nSPS) is 10.2. The fourth-order valence-corrected chi connectivity index (χ4v) is 2.79. The van der Waals surface area contributed by atoms with Gasteiger partial charge < -0.3 is 4.74 Å². The average molecular weight is 246 g/mol. The van der Waals surface area contributed by atoms with Crippen LogP contribution in [0, 0.1) is 0 Å². The van der Waals surface area contributed by atoms with Crippen LogP contribution in [0.25, 0.3) is 11.1 Å². The number of aryl methyl sites for hydroxylation is 1. The van der Waals surface area contributed by atoms with Crippen molar-refractivity contribution in [1.82, 2.24) is 0 Å². The Morgan fingerprint density at radius 1 is 1.29 bits per heavy atom. The molecule has 1 aromatic heterocycles. The molecule has 0 spiro atoms. The molecule has 0 saturated heterocycles. The van der Waals surface area contributed by atoms with Crippen molar-refractivity contribution < 1.29 is 9.53 Å². The minimum atomic E-state index is -0.258. The van der Waals surface area contributed by atoms with Crippen LogP contribution in [0.3, 0.4) is 0 Å². The molecule has 1 aromatic carbocycles. The van der Waals surface area contributed by atoms with E-state index >= 15 is 0 Å². The zero-order chi connectivity index (χ0) is 12.3. The van der Waals surface area contributed by atoms with Crippen LogP contribution in [0.2, 0.25) is 0 Å². The molecule has 0 fully saturated rings. The summed E-state index contributed by atoms with van der Waals surface area (Å²) in [7, 11) is 1.41. The SMILES string of the molecule is CCc1sc(C(=O)OC)cc1-c1ccccc1. The molecule has 1 heterocycles. The first kappa shape index (κ1) is 11.9. The highest BCUT2D eigenvalue weighted by Crippen LogP contribution is 2.32. The second-order valence-corrected chi connectivity index (χ2v) is 4.80. The quantitative estimate of drug-likeness (QED) is 0.771. The maximum Gasteiger partial charge on any atom is 0.348 e. The highest BCUT2D eigenvalue weighted by atomic mass is 32.1. The van der Waals surface area contributed by atoms with E-state index in [1.54, 1.807) is 0 Å². The Kier molecular flexibility index (Phi) is 3.59. The molecule has 88 valence electrons. The largest absolute Gasteiger partial charge is 0.465 e. The zero-order valence-corrected chi connectivity index (χ0v) is 10.7. The van der Waals surface area contributed by atoms with E-state index < -0.39 is 0 Å². The Bertz CT molecular complexity index is 514. The molecule has 0 atom stereocenters. The predicted molar refractivity (Wildman–Crippen MR) is 70.5 cm³/mol. The number of rotatable bonds is 3. The van der Waals surface area contributed by atoms with Gasteiger partial charge in [-0.25, -0.2) is 4.79 Å². The molecule has 0 bridgehead atoms. The molecule has 0 saturated carbocycles. The Morgan fingerprint density at radius 3 is 2.59 bits per heavy atom. The van der Waals surface area contributed by atoms with Gasteiger partial charge in [-0.1, -0.05) is 37.3 Å². The molecule has 0 unspecified atom stereocenters. The van der Waals surface area contributed by atoms with Gasteiger partial charge in [0, 0.05) is 4.88 Å². The van der Waals surface area contributed by atoms with Crippen LogP contribution in [0.15, 0.2) is 36.4 Å². The zero-order valence-electron chi connectivity index (χ0n) is 9.90. The molecule has 17 heavy (non-hydrogen) atoms. The number of hydrogen-bond donors (Lipinski definition) is 0. The van der Waals surface area contributed by atoms with E-state index in [1.807, 2.05) is 24.3 Å². The van der Waals surface area contributed by atoms with Gasteiger partial charge in [-0.2, -0.15) is 0 Å². The summed E-state index contributed by atoms with van der Waals surface area (Å²) in [6.07, 6.45) is 0.923. The summed E-state index contributed by atoms with van der Waals surface area (Å²) in [4.78, 5) is 13.4. The molecule has 0 N–H and O–H groups in total. The third kappa shape index (κ3) is 2.39. The summed E-state index contributed by atoms with van der Waals surface area (Å²) in [5.74, 6) is -0.258. The van der Waals surface area contributed by atoms with E-state index in [0.717, 1.165) is 17.5 Å². The number of ether oxygens (including phenoxy) is 1. The topological polar surface area (TPSA) is 26.3 Å². The second kappa shape index (κ2) is 5.15. The lowest BCUT2D eigenvalue weighted by molar-refractivity contribution is 0.0606. The van der Waals surface area contributed by atoms with Gasteiger partial charge in [-0.3, -0.25) is 0 Å². The molecule has 0 aliphatic rings. The fourth-order valence-electron chi connectivity index (χ4n) is 1.75. The van der Waals surface area contributed by atoms with E-state index in [0.29, 0.717) is 4.88 Å². The summed E-state index contributed by atoms with van der Waals surface area (Å²) in [5.41, 5.74) is 2.29. The second-order valence-electron chi connectivity index (χ2n) is 3.66. The van der Waals surface area contributed by atoms with Crippen molar-refractivity contribution >= 4 is 17.3 Å². The lowest BCUT2D eigenvalue weighted by atomic mass is 10.1. The number of methoxy groups -OCH3 is 1. The van der Waals surface area contributed by atoms with Gasteiger partial charge in [-0.05, 0) is 23.6 Å². The van der Waals surface area contributed by atoms with Crippen LogP contribution in [0.1, 0.15) is 21.5 Å². The molecule has 2 nitrogen and oxygen atoms in total. The third-order valence-electron chi connectivity index (χ3n) is 2.60. The van der Waals surface area contributed by atoms with Gasteiger partial charge in [0.2, 0.25) is 0 Å². The Balaban J connectivity index is 2.47. The van der Waals surface area contributed by atoms with Crippen molar-refractivity contribution in [3.63, 3.8) is 0 Å². The number of hydrogen-bond acceptors (Lipinski definition) is 3. The first-order valence-electron chi connectivity index (χ1n) is 5.52. The first-order chi connectivity index (χ1) is 8.26. The number of carbonyl (C=O) groups is 1. The van der Waals surface area contributed by atoms with Crippen molar-refractivity contribution in [3.8, 4) is 11.1 Å². The summed E-state index contributed by atoms with van der Waals surface area (Å²) >= 11 is 1.51. The number of carbonyl (C=O) groups excluding carboxylic acids is 1. The molecule has 2 rings (SSSR count). The van der Waals surface area contributed by atoms with Gasteiger partial charge >= 0.3 is 5.97 Å². The van der Waals surface area contributed by atoms with Crippen LogP contribution in [0.5, 0.6) is 0 Å². The Labute approximate surface area is 105 Å². The highest BCUT2D eigenvalue weighted by molar-refractivity contribution is 7.14. The van der Waals surface area contributed by atoms with Crippen molar-refractivity contribution in [2.24, 2.45) is 0 Å². The monoisotopic (exact) mass is 246 g/mol. The molecular weight excluding hydrogens is 232 g/mol. The van der Waals surface area contributed by atoms with E-state index in [1.165, 1.54) is 23.3 Å². The molecule has 2 aromatic rings. The minimum absolute atomic E-state index is 0.258. The molecule has 0 amide bonds. The summed E-state index contributed by atoms with van der Waals surface area (Å²) in [6.45, 7) is 2.10. The number of benzene rings is 1. The molecule has 0 radical (unpaired) electrons. The van der Waals surface area contributed by atoms with Crippen LogP contribution >= 0.6 is 11.3 Å². The van der Waals surface area contributed by atoms with E-state index in [9.17, 15) is 4.79 Å². The Hall–Kier alpha value is -1.61. The number of esters is 1. The van der Waals surface area contributed by atoms with E-state index in [4.69, 9.17) is 4.74 Å². The molecule has 3 heteroatoms. The average Bonchev–Trinajstić information content (AvgIpc) is 2.83. The van der Waals surface area contributed by atoms with E-state index in [2.05, 4.69) is 19.1 Å². The minimum Gasteiger partial charge on any atom is -0.465 e. The Morgan fingerprint density at radius 2 is 2.00 bits per heavy atom. The highest BCUT2D eigenvalue weighted by Gasteiger charge is 2.14. The van der Waals surface area contributed by atoms with Gasteiger partial charge in [-0.15, -0.1) is 11.3 Å². The number of thiophene rings is 1. The van der Waals surface area contributed by atoms with Crippen LogP contribution in [-0.4, -0.2) is 13.1 Å².